The van der Waals surface area contributed by atoms with Crippen LogP contribution in [0.2, 0.25) is 0 Å². The molecule has 1 aliphatic carbocycles. The van der Waals surface area contributed by atoms with Crippen molar-refractivity contribution in [2.75, 3.05) is 26.8 Å². The highest BCUT2D eigenvalue weighted by Gasteiger charge is 2.48. The number of carboxylic acid groups (broad SMARTS) is 1. The fourth-order valence-electron chi connectivity index (χ4n) is 3.57. The molecule has 0 aromatic carbocycles. The second-order valence-corrected chi connectivity index (χ2v) is 6.52. The predicted molar refractivity (Wildman–Crippen MR) is 80.5 cm³/mol. The van der Waals surface area contributed by atoms with Crippen molar-refractivity contribution in [2.45, 2.75) is 50.2 Å². The third kappa shape index (κ3) is 3.17. The highest BCUT2D eigenvalue weighted by molar-refractivity contribution is 5.84. The van der Waals surface area contributed by atoms with Crippen molar-refractivity contribution < 1.29 is 19.4 Å². The fraction of sp³-hybridized carbons (Fsp3) is 0.750. The fourth-order valence-corrected chi connectivity index (χ4v) is 3.57. The summed E-state index contributed by atoms with van der Waals surface area (Å²) in [5, 5.41) is 9.37. The molecule has 2 fully saturated rings. The Morgan fingerprint density at radius 3 is 2.64 bits per heavy atom. The summed E-state index contributed by atoms with van der Waals surface area (Å²) in [5.74, 6) is -0.754. The Balaban J connectivity index is 1.65. The summed E-state index contributed by atoms with van der Waals surface area (Å²) in [5.41, 5.74) is 1.13. The largest absolute Gasteiger partial charge is 0.480 e. The summed E-state index contributed by atoms with van der Waals surface area (Å²) in [4.78, 5) is 27.8. The minimum atomic E-state index is -0.798. The topological polar surface area (TPSA) is 70.1 Å². The average molecular weight is 308 g/mol. The van der Waals surface area contributed by atoms with E-state index in [2.05, 4.69) is 6.08 Å². The van der Waals surface area contributed by atoms with Crippen LogP contribution in [0, 0.1) is 0 Å². The number of rotatable bonds is 5. The van der Waals surface area contributed by atoms with E-state index in [1.807, 2.05) is 4.90 Å². The van der Waals surface area contributed by atoms with Gasteiger partial charge in [-0.25, -0.2) is 0 Å². The first kappa shape index (κ1) is 15.5. The first-order valence-corrected chi connectivity index (χ1v) is 8.09. The molecular formula is C16H24N2O4. The van der Waals surface area contributed by atoms with E-state index in [1.54, 1.807) is 11.9 Å². The lowest BCUT2D eigenvalue weighted by Gasteiger charge is -2.31. The van der Waals surface area contributed by atoms with Crippen LogP contribution in [0.4, 0.5) is 0 Å². The third-order valence-corrected chi connectivity index (χ3v) is 4.77. The molecule has 122 valence electrons. The summed E-state index contributed by atoms with van der Waals surface area (Å²) in [6.07, 6.45) is 6.28. The molecule has 0 radical (unpaired) electrons. The van der Waals surface area contributed by atoms with Crippen molar-refractivity contribution in [1.29, 1.82) is 0 Å². The molecule has 1 amide bonds. The van der Waals surface area contributed by atoms with Gasteiger partial charge in [0.1, 0.15) is 6.04 Å². The Bertz CT molecular complexity index is 487. The van der Waals surface area contributed by atoms with Crippen LogP contribution in [0.15, 0.2) is 11.6 Å². The lowest BCUT2D eigenvalue weighted by molar-refractivity contribution is -0.144. The summed E-state index contributed by atoms with van der Waals surface area (Å²) in [6.45, 7) is 1.91. The van der Waals surface area contributed by atoms with Crippen LogP contribution in [0.1, 0.15) is 32.1 Å². The van der Waals surface area contributed by atoms with E-state index in [4.69, 9.17) is 4.74 Å². The van der Waals surface area contributed by atoms with Gasteiger partial charge in [0.2, 0.25) is 5.91 Å². The summed E-state index contributed by atoms with van der Waals surface area (Å²) < 4.78 is 5.41. The first-order valence-electron chi connectivity index (χ1n) is 8.09. The van der Waals surface area contributed by atoms with Crippen molar-refractivity contribution in [3.63, 3.8) is 0 Å². The molecule has 22 heavy (non-hydrogen) atoms. The van der Waals surface area contributed by atoms with Gasteiger partial charge in [-0.15, -0.1) is 0 Å². The highest BCUT2D eigenvalue weighted by Crippen LogP contribution is 2.37. The molecule has 3 rings (SSSR count). The number of likely N-dealkylation sites (tertiary alicyclic amines) is 1. The van der Waals surface area contributed by atoms with E-state index in [-0.39, 0.29) is 18.0 Å². The van der Waals surface area contributed by atoms with Gasteiger partial charge in [-0.05, 0) is 37.7 Å². The van der Waals surface area contributed by atoms with Crippen LogP contribution in [-0.2, 0) is 14.3 Å². The van der Waals surface area contributed by atoms with Crippen molar-refractivity contribution in [3.8, 4) is 0 Å². The molecule has 0 spiro atoms. The number of amides is 1. The minimum Gasteiger partial charge on any atom is -0.480 e. The molecule has 0 aromatic heterocycles. The average Bonchev–Trinajstić information content (AvgIpc) is 3.25. The van der Waals surface area contributed by atoms with Gasteiger partial charge in [0, 0.05) is 19.6 Å². The molecule has 6 heteroatoms. The normalized spacial score (nSPS) is 29.2. The maximum absolute atomic E-state index is 12.8. The number of likely N-dealkylation sites (N-methyl/N-ethyl adjacent to an activating group) is 1. The van der Waals surface area contributed by atoms with Gasteiger partial charge in [-0.3, -0.25) is 14.5 Å². The monoisotopic (exact) mass is 308 g/mol. The zero-order valence-electron chi connectivity index (χ0n) is 13.0. The number of carboxylic acids is 1. The first-order chi connectivity index (χ1) is 10.6. The van der Waals surface area contributed by atoms with Crippen molar-refractivity contribution >= 4 is 11.9 Å². The van der Waals surface area contributed by atoms with Crippen LogP contribution < -0.4 is 0 Å². The minimum absolute atomic E-state index is 0.0436. The van der Waals surface area contributed by atoms with E-state index >= 15 is 0 Å². The number of carbonyl (C=O) groups excluding carboxylic acids is 1. The quantitative estimate of drug-likeness (QED) is 0.763. The smallest absolute Gasteiger partial charge is 0.320 e. The number of ether oxygens (including phenoxy) is 1. The van der Waals surface area contributed by atoms with E-state index < -0.39 is 12.0 Å². The van der Waals surface area contributed by atoms with Crippen molar-refractivity contribution in [2.24, 2.45) is 0 Å². The standard InChI is InChI=1S/C16H24N2O4/c1-17(9-11-3-2-8-22-10-11)15(19)13-6-7-14(16(20)21)18(13)12-4-5-12/h3,12-14H,2,4-10H2,1H3,(H,20,21). The van der Waals surface area contributed by atoms with E-state index in [9.17, 15) is 14.7 Å². The van der Waals surface area contributed by atoms with Crippen LogP contribution in [0.5, 0.6) is 0 Å². The maximum Gasteiger partial charge on any atom is 0.320 e. The van der Waals surface area contributed by atoms with Gasteiger partial charge >= 0.3 is 5.97 Å². The Morgan fingerprint density at radius 2 is 2.05 bits per heavy atom. The number of nitrogens with zero attached hydrogens (tertiary/aromatic N) is 2. The van der Waals surface area contributed by atoms with E-state index in [1.165, 1.54) is 0 Å². The lowest BCUT2D eigenvalue weighted by Crippen LogP contribution is -2.50. The van der Waals surface area contributed by atoms with Gasteiger partial charge in [0.25, 0.3) is 0 Å². The molecular weight excluding hydrogens is 284 g/mol. The number of carbonyl (C=O) groups is 2. The maximum atomic E-state index is 12.8. The highest BCUT2D eigenvalue weighted by atomic mass is 16.5. The van der Waals surface area contributed by atoms with Crippen LogP contribution in [-0.4, -0.2) is 71.7 Å². The van der Waals surface area contributed by atoms with Gasteiger partial charge < -0.3 is 14.7 Å². The van der Waals surface area contributed by atoms with E-state index in [0.29, 0.717) is 26.0 Å². The summed E-state index contributed by atoms with van der Waals surface area (Å²) >= 11 is 0. The van der Waals surface area contributed by atoms with Crippen molar-refractivity contribution in [3.05, 3.63) is 11.6 Å². The van der Waals surface area contributed by atoms with Crippen molar-refractivity contribution in [1.82, 2.24) is 9.80 Å². The Kier molecular flexibility index (Phi) is 4.49. The summed E-state index contributed by atoms with van der Waals surface area (Å²) in [7, 11) is 1.80. The van der Waals surface area contributed by atoms with Gasteiger partial charge in [-0.2, -0.15) is 0 Å². The third-order valence-electron chi connectivity index (χ3n) is 4.77. The number of aliphatic carboxylic acids is 1. The van der Waals surface area contributed by atoms with Gasteiger partial charge in [-0.1, -0.05) is 6.08 Å². The lowest BCUT2D eigenvalue weighted by atomic mass is 10.1. The predicted octanol–water partition coefficient (Wildman–Crippen LogP) is 0.871. The van der Waals surface area contributed by atoms with Crippen LogP contribution >= 0.6 is 0 Å². The zero-order chi connectivity index (χ0) is 15.7. The van der Waals surface area contributed by atoms with Crippen LogP contribution in [0.3, 0.4) is 0 Å². The molecule has 1 saturated carbocycles. The molecule has 1 N–H and O–H groups in total. The molecule has 2 heterocycles. The molecule has 0 aromatic rings. The van der Waals surface area contributed by atoms with Crippen LogP contribution in [0.25, 0.3) is 0 Å². The Labute approximate surface area is 130 Å². The Morgan fingerprint density at radius 1 is 1.32 bits per heavy atom. The molecule has 6 nitrogen and oxygen atoms in total. The zero-order valence-corrected chi connectivity index (χ0v) is 13.0. The molecule has 3 aliphatic rings. The molecule has 2 aliphatic heterocycles. The molecule has 0 bridgehead atoms. The molecule has 1 saturated heterocycles. The number of hydrogen-bond acceptors (Lipinski definition) is 4. The number of hydrogen-bond donors (Lipinski definition) is 1. The Hall–Kier alpha value is -1.40. The van der Waals surface area contributed by atoms with E-state index in [0.717, 1.165) is 31.4 Å². The second-order valence-electron chi connectivity index (χ2n) is 6.52. The summed E-state index contributed by atoms with van der Waals surface area (Å²) in [6, 6.07) is -0.487. The van der Waals surface area contributed by atoms with Gasteiger partial charge in [0.15, 0.2) is 0 Å². The SMILES string of the molecule is CN(CC1=CCCOC1)C(=O)C1CCC(C(=O)O)N1C1CC1. The second kappa shape index (κ2) is 6.38. The molecule has 2 unspecified atom stereocenters. The van der Waals surface area contributed by atoms with Gasteiger partial charge in [0.05, 0.1) is 19.3 Å². The molecule has 2 atom stereocenters.